The molecule has 1 aliphatic rings. The van der Waals surface area contributed by atoms with Crippen LogP contribution in [0, 0.1) is 0 Å². The molecule has 2 aromatic carbocycles. The summed E-state index contributed by atoms with van der Waals surface area (Å²) in [5.74, 6) is -78.2. The zero-order chi connectivity index (χ0) is 44.9. The van der Waals surface area contributed by atoms with Crippen LogP contribution in [0.15, 0.2) is 48.5 Å². The molecule has 57 heavy (non-hydrogen) atoms. The first-order valence-electron chi connectivity index (χ1n) is 14.6. The van der Waals surface area contributed by atoms with Crippen molar-refractivity contribution in [3.8, 4) is 0 Å². The van der Waals surface area contributed by atoms with Crippen molar-refractivity contribution in [2.75, 3.05) is 6.54 Å². The Morgan fingerprint density at radius 2 is 0.614 bits per heavy atom. The Hall–Kier alpha value is -3.46. The molecule has 1 heterocycles. The molecule has 28 heteroatoms. The summed E-state index contributed by atoms with van der Waals surface area (Å²) >= 11 is 0. The van der Waals surface area contributed by atoms with E-state index >= 15 is 0 Å². The molecule has 0 aliphatic carbocycles. The fourth-order valence-corrected chi connectivity index (χ4v) is 5.38. The summed E-state index contributed by atoms with van der Waals surface area (Å²) in [4.78, 5) is 0. The first kappa shape index (κ1) is 47.9. The molecule has 0 spiro atoms. The van der Waals surface area contributed by atoms with Crippen LogP contribution < -0.4 is 5.32 Å². The molecule has 326 valence electrons. The molecule has 1 aliphatic heterocycles. The zero-order valence-corrected chi connectivity index (χ0v) is 26.6. The quantitative estimate of drug-likeness (QED) is 0.196. The normalized spacial score (nSPS) is 18.3. The van der Waals surface area contributed by atoms with Crippen LogP contribution in [0.3, 0.4) is 0 Å². The monoisotopic (exact) mass is 889 g/mol. The van der Waals surface area contributed by atoms with Gasteiger partial charge in [-0.15, -0.1) is 0 Å². The van der Waals surface area contributed by atoms with Gasteiger partial charge in [0.2, 0.25) is 0 Å². The van der Waals surface area contributed by atoms with Gasteiger partial charge in [-0.05, 0) is 30.5 Å². The highest BCUT2D eigenvalue weighted by atomic mass is 19.4. The van der Waals surface area contributed by atoms with Crippen molar-refractivity contribution in [3.63, 3.8) is 0 Å². The maximum Gasteiger partial charge on any atom is 0.460 e. The molecular formula is C29H17F26NO. The second-order valence-electron chi connectivity index (χ2n) is 12.3. The molecule has 2 aromatic rings. The Morgan fingerprint density at radius 1 is 0.368 bits per heavy atom. The van der Waals surface area contributed by atoms with Crippen molar-refractivity contribution < 1.29 is 119 Å². The molecule has 1 saturated heterocycles. The fourth-order valence-electron chi connectivity index (χ4n) is 5.38. The predicted octanol–water partition coefficient (Wildman–Crippen LogP) is 11.1. The van der Waals surface area contributed by atoms with E-state index in [1.807, 2.05) is 0 Å². The van der Waals surface area contributed by atoms with E-state index in [-0.39, 0.29) is 43.7 Å². The third-order valence-electron chi connectivity index (χ3n) is 8.81. The van der Waals surface area contributed by atoms with E-state index in [0.717, 1.165) is 0 Å². The van der Waals surface area contributed by atoms with Gasteiger partial charge in [-0.3, -0.25) is 0 Å². The van der Waals surface area contributed by atoms with Crippen molar-refractivity contribution in [2.24, 2.45) is 0 Å². The van der Waals surface area contributed by atoms with Gasteiger partial charge < -0.3 is 10.4 Å². The van der Waals surface area contributed by atoms with Crippen LogP contribution in [0.2, 0.25) is 0 Å². The minimum atomic E-state index is -8.25. The molecule has 2 nitrogen and oxygen atoms in total. The average molecular weight is 889 g/mol. The van der Waals surface area contributed by atoms with Gasteiger partial charge in [0, 0.05) is 17.2 Å². The minimum Gasteiger partial charge on any atom is -0.379 e. The summed E-state index contributed by atoms with van der Waals surface area (Å²) < 4.78 is 354. The van der Waals surface area contributed by atoms with Crippen molar-refractivity contribution in [3.05, 3.63) is 70.8 Å². The van der Waals surface area contributed by atoms with Gasteiger partial charge in [0.15, 0.2) is 0 Å². The highest BCUT2D eigenvalue weighted by molar-refractivity contribution is 5.43. The van der Waals surface area contributed by atoms with Crippen LogP contribution in [0.4, 0.5) is 114 Å². The summed E-state index contributed by atoms with van der Waals surface area (Å²) in [6, 6.07) is -3.04. The lowest BCUT2D eigenvalue weighted by Crippen LogP contribution is -2.69. The van der Waals surface area contributed by atoms with Crippen LogP contribution in [0.25, 0.3) is 0 Å². The van der Waals surface area contributed by atoms with E-state index in [4.69, 9.17) is 0 Å². The number of hydrogen-bond donors (Lipinski definition) is 2. The highest BCUT2D eigenvalue weighted by Gasteiger charge is 2.92. The summed E-state index contributed by atoms with van der Waals surface area (Å²) in [5.41, 5.74) is -10.0. The van der Waals surface area contributed by atoms with Gasteiger partial charge in [0.05, 0.1) is 0 Å². The SMILES string of the molecule is OC(c1ccc(C(F)(F)C(F)(F)C(F)(F)C(F)(F)C(F)(F)C(F)(F)F)cc1)(c1ccc(C(F)(F)C(F)(F)C(F)(F)C(F)(F)C(F)(F)C(F)(F)F)cc1)[C@@H]1CCCN1. The number of halogens is 26. The van der Waals surface area contributed by atoms with Crippen molar-refractivity contribution >= 4 is 0 Å². The largest absolute Gasteiger partial charge is 0.460 e. The Bertz CT molecular complexity index is 1620. The second kappa shape index (κ2) is 13.5. The number of benzene rings is 2. The van der Waals surface area contributed by atoms with E-state index in [0.29, 0.717) is 0 Å². The van der Waals surface area contributed by atoms with Gasteiger partial charge in [0.1, 0.15) is 5.60 Å². The smallest absolute Gasteiger partial charge is 0.379 e. The molecule has 0 unspecified atom stereocenters. The van der Waals surface area contributed by atoms with Gasteiger partial charge in [0.25, 0.3) is 0 Å². The standard InChI is InChI=1S/C29H17F26NO/c30-18(31,20(34,35)22(38,39)24(42,43)26(46,47)28(50,51)52)14-7-3-12(4-8-14)17(57,16-2-1-11-56-16)13-5-9-15(10-6-13)19(32,33)21(36,37)23(40,41)25(44,45)27(48,49)29(53,54)55/h3-10,16,56-57H,1-2,11H2/t16-/m0/s1. The Labute approximate surface area is 298 Å². The van der Waals surface area contributed by atoms with Gasteiger partial charge >= 0.3 is 71.6 Å². The predicted molar refractivity (Wildman–Crippen MR) is 136 cm³/mol. The van der Waals surface area contributed by atoms with Crippen LogP contribution in [-0.2, 0) is 17.4 Å². The third-order valence-corrected chi connectivity index (χ3v) is 8.81. The van der Waals surface area contributed by atoms with Gasteiger partial charge in [-0.2, -0.15) is 114 Å². The number of nitrogens with one attached hydrogen (secondary N) is 1. The van der Waals surface area contributed by atoms with Crippen molar-refractivity contribution in [1.29, 1.82) is 0 Å². The average Bonchev–Trinajstić information content (AvgIpc) is 3.62. The summed E-state index contributed by atoms with van der Waals surface area (Å²) in [6.45, 7) is -0.102. The number of alkyl halides is 26. The van der Waals surface area contributed by atoms with Gasteiger partial charge in [-0.1, -0.05) is 48.5 Å². The second-order valence-corrected chi connectivity index (χ2v) is 12.3. The lowest BCUT2D eigenvalue weighted by atomic mass is 9.78. The van der Waals surface area contributed by atoms with Crippen LogP contribution >= 0.6 is 0 Å². The van der Waals surface area contributed by atoms with Crippen LogP contribution in [0.1, 0.15) is 35.1 Å². The zero-order valence-electron chi connectivity index (χ0n) is 26.6. The van der Waals surface area contributed by atoms with E-state index < -0.39 is 130 Å². The maximum absolute atomic E-state index is 14.7. The van der Waals surface area contributed by atoms with E-state index in [1.165, 1.54) is 0 Å². The molecule has 1 atom stereocenters. The lowest BCUT2D eigenvalue weighted by Gasteiger charge is -2.40. The van der Waals surface area contributed by atoms with E-state index in [2.05, 4.69) is 5.32 Å². The van der Waals surface area contributed by atoms with E-state index in [1.54, 1.807) is 0 Å². The third kappa shape index (κ3) is 6.51. The topological polar surface area (TPSA) is 32.3 Å². The molecule has 0 radical (unpaired) electrons. The maximum atomic E-state index is 14.7. The Morgan fingerprint density at radius 3 is 0.842 bits per heavy atom. The van der Waals surface area contributed by atoms with E-state index in [9.17, 15) is 119 Å². The molecule has 0 aromatic heterocycles. The number of hydrogen-bond acceptors (Lipinski definition) is 2. The first-order valence-corrected chi connectivity index (χ1v) is 14.6. The summed E-state index contributed by atoms with van der Waals surface area (Å²) in [6.07, 6.45) is -15.6. The highest BCUT2D eigenvalue weighted by Crippen LogP contribution is 2.64. The molecule has 3 rings (SSSR count). The minimum absolute atomic E-state index is 0.0371. The van der Waals surface area contributed by atoms with Crippen LogP contribution in [0.5, 0.6) is 0 Å². The first-order chi connectivity index (χ1) is 25.0. The molecule has 1 fully saturated rings. The van der Waals surface area contributed by atoms with Gasteiger partial charge in [-0.25, -0.2) is 0 Å². The molecule has 2 N–H and O–H groups in total. The lowest BCUT2D eigenvalue weighted by molar-refractivity contribution is -0.441. The molecular weight excluding hydrogens is 872 g/mol. The number of aliphatic hydroxyl groups is 1. The molecule has 0 bridgehead atoms. The molecule has 0 saturated carbocycles. The van der Waals surface area contributed by atoms with Crippen LogP contribution in [-0.4, -0.2) is 77.4 Å². The molecule has 0 amide bonds. The summed E-state index contributed by atoms with van der Waals surface area (Å²) in [5, 5.41) is 14.1. The van der Waals surface area contributed by atoms with Crippen molar-refractivity contribution in [2.45, 2.75) is 96.1 Å². The Kier molecular flexibility index (Phi) is 11.4. The fraction of sp³-hybridized carbons (Fsp3) is 0.586. The Balaban J connectivity index is 2.11. The number of rotatable bonds is 13. The summed E-state index contributed by atoms with van der Waals surface area (Å²) in [7, 11) is 0. The van der Waals surface area contributed by atoms with Crippen molar-refractivity contribution in [1.82, 2.24) is 5.32 Å².